The molecule has 0 saturated carbocycles. The lowest BCUT2D eigenvalue weighted by Gasteiger charge is -2.13. The van der Waals surface area contributed by atoms with Gasteiger partial charge >= 0.3 is 0 Å². The monoisotopic (exact) mass is 477 g/mol. The summed E-state index contributed by atoms with van der Waals surface area (Å²) < 4.78 is 21.5. The van der Waals surface area contributed by atoms with Gasteiger partial charge in [-0.05, 0) is 59.2 Å². The third kappa shape index (κ3) is 6.26. The summed E-state index contributed by atoms with van der Waals surface area (Å²) in [6.07, 6.45) is 6.61. The first-order chi connectivity index (χ1) is 16.9. The van der Waals surface area contributed by atoms with Gasteiger partial charge in [0.05, 0.1) is 34.1 Å². The number of anilines is 1. The van der Waals surface area contributed by atoms with E-state index in [1.807, 2.05) is 30.4 Å². The molecule has 0 saturated heterocycles. The Kier molecular flexibility index (Phi) is 8.24. The summed E-state index contributed by atoms with van der Waals surface area (Å²) in [4.78, 5) is 12.5. The van der Waals surface area contributed by atoms with E-state index in [2.05, 4.69) is 5.32 Å². The van der Waals surface area contributed by atoms with Crippen LogP contribution in [0.3, 0.4) is 0 Å². The molecule has 182 valence electrons. The molecule has 0 heterocycles. The molecule has 3 rings (SSSR count). The van der Waals surface area contributed by atoms with Gasteiger partial charge in [-0.25, -0.2) is 0 Å². The molecule has 0 atom stereocenters. The number of carbonyl (C=O) groups is 1. The molecule has 1 amide bonds. The Morgan fingerprint density at radius 2 is 1.29 bits per heavy atom. The Morgan fingerprint density at radius 1 is 0.686 bits per heavy atom. The molecular weight excluding hydrogens is 450 g/mol. The first-order valence-corrected chi connectivity index (χ1v) is 10.6. The Hall–Kier alpha value is -4.59. The summed E-state index contributed by atoms with van der Waals surface area (Å²) >= 11 is 0. The number of carbonyl (C=O) groups excluding carboxylic acids is 1. The number of ether oxygens (including phenoxy) is 4. The summed E-state index contributed by atoms with van der Waals surface area (Å²) in [5.74, 6) is 1.22. The first kappa shape index (κ1) is 25.0. The van der Waals surface area contributed by atoms with Gasteiger partial charge in [-0.2, -0.15) is 0 Å². The second-order valence-electron chi connectivity index (χ2n) is 7.32. The molecule has 0 fully saturated rings. The van der Waals surface area contributed by atoms with E-state index < -0.39 is 0 Å². The smallest absolute Gasteiger partial charge is 0.248 e. The Morgan fingerprint density at radius 3 is 1.89 bits per heavy atom. The van der Waals surface area contributed by atoms with E-state index in [0.29, 0.717) is 34.2 Å². The van der Waals surface area contributed by atoms with Crippen LogP contribution in [0.5, 0.6) is 34.5 Å². The van der Waals surface area contributed by atoms with Gasteiger partial charge in [0.2, 0.25) is 11.7 Å². The molecule has 0 aliphatic rings. The van der Waals surface area contributed by atoms with Crippen LogP contribution in [0.25, 0.3) is 18.2 Å². The van der Waals surface area contributed by atoms with Crippen LogP contribution in [0, 0.1) is 0 Å². The second-order valence-corrected chi connectivity index (χ2v) is 7.32. The van der Waals surface area contributed by atoms with Crippen molar-refractivity contribution in [2.45, 2.75) is 0 Å². The van der Waals surface area contributed by atoms with E-state index in [-0.39, 0.29) is 17.4 Å². The van der Waals surface area contributed by atoms with E-state index in [0.717, 1.165) is 11.1 Å². The van der Waals surface area contributed by atoms with Crippen molar-refractivity contribution >= 4 is 29.8 Å². The maximum absolute atomic E-state index is 12.5. The van der Waals surface area contributed by atoms with Crippen LogP contribution in [0.2, 0.25) is 0 Å². The van der Waals surface area contributed by atoms with Gasteiger partial charge in [-0.15, -0.1) is 0 Å². The highest BCUT2D eigenvalue weighted by Crippen LogP contribution is 2.38. The fourth-order valence-electron chi connectivity index (χ4n) is 3.31. The molecule has 3 aromatic carbocycles. The molecule has 8 heteroatoms. The fourth-order valence-corrected chi connectivity index (χ4v) is 3.31. The van der Waals surface area contributed by atoms with Gasteiger partial charge in [0, 0.05) is 6.08 Å². The van der Waals surface area contributed by atoms with Crippen molar-refractivity contribution in [2.24, 2.45) is 0 Å². The lowest BCUT2D eigenvalue weighted by molar-refractivity contribution is -0.111. The van der Waals surface area contributed by atoms with Crippen molar-refractivity contribution in [1.82, 2.24) is 0 Å². The molecule has 0 radical (unpaired) electrons. The van der Waals surface area contributed by atoms with Gasteiger partial charge in [0.25, 0.3) is 0 Å². The number of phenolic OH excluding ortho intramolecular Hbond substituents is 2. The maximum Gasteiger partial charge on any atom is 0.248 e. The number of methoxy groups -OCH3 is 4. The molecular formula is C27H27NO7. The quantitative estimate of drug-likeness (QED) is 0.227. The third-order valence-electron chi connectivity index (χ3n) is 5.06. The number of benzene rings is 3. The molecule has 0 aliphatic heterocycles. The number of aromatic hydroxyl groups is 2. The normalized spacial score (nSPS) is 11.0. The van der Waals surface area contributed by atoms with E-state index >= 15 is 0 Å². The minimum absolute atomic E-state index is 0.229. The van der Waals surface area contributed by atoms with Crippen LogP contribution < -0.4 is 24.3 Å². The molecule has 0 unspecified atom stereocenters. The van der Waals surface area contributed by atoms with Gasteiger partial charge in [0.15, 0.2) is 23.0 Å². The van der Waals surface area contributed by atoms with E-state index in [1.54, 1.807) is 39.5 Å². The number of amides is 1. The molecule has 0 spiro atoms. The zero-order valence-electron chi connectivity index (χ0n) is 19.9. The van der Waals surface area contributed by atoms with E-state index in [9.17, 15) is 15.0 Å². The maximum atomic E-state index is 12.5. The largest absolute Gasteiger partial charge is 0.504 e. The van der Waals surface area contributed by atoms with Crippen LogP contribution in [0.4, 0.5) is 5.69 Å². The molecule has 0 aromatic heterocycles. The number of rotatable bonds is 9. The number of hydrogen-bond donors (Lipinski definition) is 3. The van der Waals surface area contributed by atoms with Crippen LogP contribution in [0.15, 0.2) is 54.6 Å². The van der Waals surface area contributed by atoms with E-state index in [4.69, 9.17) is 18.9 Å². The molecule has 3 N–H and O–H groups in total. The lowest BCUT2D eigenvalue weighted by atomic mass is 10.1. The summed E-state index contributed by atoms with van der Waals surface area (Å²) in [6, 6.07) is 13.3. The predicted molar refractivity (Wildman–Crippen MR) is 135 cm³/mol. The highest BCUT2D eigenvalue weighted by Gasteiger charge is 2.12. The zero-order valence-corrected chi connectivity index (χ0v) is 19.9. The highest BCUT2D eigenvalue weighted by molar-refractivity contribution is 6.03. The Balaban J connectivity index is 1.81. The third-order valence-corrected chi connectivity index (χ3v) is 5.06. The van der Waals surface area contributed by atoms with E-state index in [1.165, 1.54) is 31.4 Å². The van der Waals surface area contributed by atoms with Crippen molar-refractivity contribution in [2.75, 3.05) is 33.8 Å². The fraction of sp³-hybridized carbons (Fsp3) is 0.148. The molecule has 0 aliphatic carbocycles. The topological polar surface area (TPSA) is 106 Å². The summed E-state index contributed by atoms with van der Waals surface area (Å²) in [7, 11) is 6.18. The van der Waals surface area contributed by atoms with Crippen molar-refractivity contribution < 1.29 is 34.0 Å². The second kappa shape index (κ2) is 11.5. The minimum atomic E-state index is -0.387. The predicted octanol–water partition coefficient (Wildman–Crippen LogP) is 4.95. The first-order valence-electron chi connectivity index (χ1n) is 10.6. The molecule has 35 heavy (non-hydrogen) atoms. The molecule has 3 aromatic rings. The van der Waals surface area contributed by atoms with Gasteiger partial charge < -0.3 is 34.5 Å². The average molecular weight is 478 g/mol. The van der Waals surface area contributed by atoms with Gasteiger partial charge in [-0.1, -0.05) is 24.3 Å². The van der Waals surface area contributed by atoms with Crippen LogP contribution in [0.1, 0.15) is 16.7 Å². The minimum Gasteiger partial charge on any atom is -0.504 e. The van der Waals surface area contributed by atoms with Gasteiger partial charge in [0.1, 0.15) is 5.75 Å². The van der Waals surface area contributed by atoms with Crippen LogP contribution in [-0.2, 0) is 4.79 Å². The van der Waals surface area contributed by atoms with Crippen molar-refractivity contribution in [3.05, 3.63) is 71.3 Å². The SMILES string of the molecule is COc1ccc(C=Cc2cc(OC)c(OC)c(OC)c2)cc1NC(=O)/C=C/c1ccc(O)c(O)c1. The summed E-state index contributed by atoms with van der Waals surface area (Å²) in [6.45, 7) is 0. The Bertz CT molecular complexity index is 1240. The van der Waals surface area contributed by atoms with Crippen molar-refractivity contribution in [1.29, 1.82) is 0 Å². The van der Waals surface area contributed by atoms with Gasteiger partial charge in [-0.3, -0.25) is 4.79 Å². The standard InChI is InChI=1S/C27H27NO7/c1-32-23-11-8-17(5-6-19-15-24(33-2)27(35-4)25(16-19)34-3)13-20(23)28-26(31)12-9-18-7-10-21(29)22(30)14-18/h5-16,29-30H,1-4H3,(H,28,31)/b6-5?,12-9+. The number of phenols is 2. The lowest BCUT2D eigenvalue weighted by Crippen LogP contribution is -2.09. The Labute approximate surface area is 203 Å². The molecule has 0 bridgehead atoms. The van der Waals surface area contributed by atoms with Crippen LogP contribution in [-0.4, -0.2) is 44.6 Å². The van der Waals surface area contributed by atoms with Crippen molar-refractivity contribution in [3.63, 3.8) is 0 Å². The number of nitrogens with one attached hydrogen (secondary N) is 1. The number of hydrogen-bond acceptors (Lipinski definition) is 7. The summed E-state index contributed by atoms with van der Waals surface area (Å²) in [5, 5.41) is 21.8. The molecule has 8 nitrogen and oxygen atoms in total. The zero-order chi connectivity index (χ0) is 25.4. The summed E-state index contributed by atoms with van der Waals surface area (Å²) in [5.41, 5.74) is 2.70. The average Bonchev–Trinajstić information content (AvgIpc) is 2.87. The highest BCUT2D eigenvalue weighted by atomic mass is 16.5. The van der Waals surface area contributed by atoms with Crippen LogP contribution >= 0.6 is 0 Å². The van der Waals surface area contributed by atoms with Crippen molar-refractivity contribution in [3.8, 4) is 34.5 Å².